The molecule has 0 saturated heterocycles. The Balaban J connectivity index is 4.43. The predicted octanol–water partition coefficient (Wildman–Crippen LogP) is 17.2. The van der Waals surface area contributed by atoms with E-state index in [1.54, 1.807) is 0 Å². The van der Waals surface area contributed by atoms with Crippen LogP contribution in [0.3, 0.4) is 0 Å². The summed E-state index contributed by atoms with van der Waals surface area (Å²) in [4.78, 5) is 25.4. The van der Waals surface area contributed by atoms with Crippen LogP contribution in [0.4, 0.5) is 0 Å². The van der Waals surface area contributed by atoms with Crippen LogP contribution in [0.5, 0.6) is 0 Å². The van der Waals surface area contributed by atoms with Gasteiger partial charge in [-0.25, -0.2) is 0 Å². The molecule has 1 unspecified atom stereocenters. The summed E-state index contributed by atoms with van der Waals surface area (Å²) in [7, 11) is 0. The van der Waals surface area contributed by atoms with Gasteiger partial charge in [0.1, 0.15) is 6.61 Å². The molecule has 0 radical (unpaired) electrons. The van der Waals surface area contributed by atoms with Crippen LogP contribution in [-0.4, -0.2) is 37.9 Å². The van der Waals surface area contributed by atoms with Crippen molar-refractivity contribution in [2.24, 2.45) is 0 Å². The lowest BCUT2D eigenvalue weighted by Crippen LogP contribution is -2.30. The molecule has 0 spiro atoms. The fourth-order valence-electron chi connectivity index (χ4n) is 6.58. The van der Waals surface area contributed by atoms with Crippen molar-refractivity contribution in [1.82, 2.24) is 0 Å². The molecule has 0 amide bonds. The number of allylic oxidation sites excluding steroid dienone is 18. The highest BCUT2D eigenvalue weighted by Crippen LogP contribution is 2.14. The van der Waals surface area contributed by atoms with E-state index in [4.69, 9.17) is 14.2 Å². The number of carbonyl (C=O) groups is 2. The van der Waals surface area contributed by atoms with Gasteiger partial charge in [-0.15, -0.1) is 0 Å². The van der Waals surface area contributed by atoms with E-state index in [-0.39, 0.29) is 25.2 Å². The second-order valence-electron chi connectivity index (χ2n) is 16.3. The molecule has 0 aliphatic heterocycles. The van der Waals surface area contributed by atoms with Crippen LogP contribution in [0.1, 0.15) is 213 Å². The molecule has 0 aromatic carbocycles. The van der Waals surface area contributed by atoms with Crippen molar-refractivity contribution < 1.29 is 23.8 Å². The number of carbonyl (C=O) groups excluding carboxylic acids is 2. The minimum Gasteiger partial charge on any atom is -0.462 e. The first kappa shape index (κ1) is 58.6. The van der Waals surface area contributed by atoms with Gasteiger partial charge in [-0.2, -0.15) is 0 Å². The van der Waals surface area contributed by atoms with E-state index in [0.29, 0.717) is 19.4 Å². The van der Waals surface area contributed by atoms with Crippen molar-refractivity contribution in [3.8, 4) is 0 Å². The van der Waals surface area contributed by atoms with Crippen molar-refractivity contribution in [3.63, 3.8) is 0 Å². The van der Waals surface area contributed by atoms with E-state index in [9.17, 15) is 9.59 Å². The molecule has 0 aromatic heterocycles. The van der Waals surface area contributed by atoms with Gasteiger partial charge in [-0.1, -0.05) is 207 Å². The first-order valence-electron chi connectivity index (χ1n) is 25.4. The molecule has 1 atom stereocenters. The zero-order valence-corrected chi connectivity index (χ0v) is 40.3. The third-order valence-electron chi connectivity index (χ3n) is 10.3. The minimum absolute atomic E-state index is 0.0417. The quantitative estimate of drug-likeness (QED) is 0.0347. The van der Waals surface area contributed by atoms with Gasteiger partial charge in [-0.05, 0) is 103 Å². The fourth-order valence-corrected chi connectivity index (χ4v) is 6.58. The van der Waals surface area contributed by atoms with Crippen LogP contribution in [0.25, 0.3) is 0 Å². The van der Waals surface area contributed by atoms with Gasteiger partial charge in [0.25, 0.3) is 0 Å². The summed E-state index contributed by atoms with van der Waals surface area (Å²) in [5.74, 6) is -0.473. The van der Waals surface area contributed by atoms with Crippen LogP contribution in [-0.2, 0) is 23.8 Å². The first-order valence-corrected chi connectivity index (χ1v) is 25.4. The zero-order chi connectivity index (χ0) is 44.9. The Morgan fingerprint density at radius 1 is 0.371 bits per heavy atom. The molecule has 5 nitrogen and oxygen atoms in total. The van der Waals surface area contributed by atoms with Crippen LogP contribution in [0, 0.1) is 0 Å². The molecule has 0 N–H and O–H groups in total. The van der Waals surface area contributed by atoms with Crippen LogP contribution in [0.15, 0.2) is 109 Å². The monoisotopic (exact) mass is 859 g/mol. The summed E-state index contributed by atoms with van der Waals surface area (Å²) in [6, 6.07) is 0. The van der Waals surface area contributed by atoms with Crippen molar-refractivity contribution in [2.75, 3.05) is 19.8 Å². The van der Waals surface area contributed by atoms with Gasteiger partial charge >= 0.3 is 11.9 Å². The summed E-state index contributed by atoms with van der Waals surface area (Å²) in [6.07, 6.45) is 71.0. The smallest absolute Gasteiger partial charge is 0.306 e. The second-order valence-corrected chi connectivity index (χ2v) is 16.3. The number of ether oxygens (including phenoxy) is 3. The maximum Gasteiger partial charge on any atom is 0.306 e. The van der Waals surface area contributed by atoms with Crippen molar-refractivity contribution in [3.05, 3.63) is 109 Å². The maximum absolute atomic E-state index is 12.8. The van der Waals surface area contributed by atoms with E-state index in [1.165, 1.54) is 64.2 Å². The highest BCUT2D eigenvalue weighted by atomic mass is 16.6. The molecular formula is C57H94O5. The molecular weight excluding hydrogens is 765 g/mol. The number of esters is 2. The van der Waals surface area contributed by atoms with Crippen molar-refractivity contribution in [2.45, 2.75) is 219 Å². The third kappa shape index (κ3) is 49.2. The number of hydrogen-bond donors (Lipinski definition) is 0. The summed E-state index contributed by atoms with van der Waals surface area (Å²) in [5.41, 5.74) is 0. The van der Waals surface area contributed by atoms with Gasteiger partial charge in [0.05, 0.1) is 6.61 Å². The van der Waals surface area contributed by atoms with Gasteiger partial charge in [-0.3, -0.25) is 9.59 Å². The Hall–Kier alpha value is -3.44. The Labute approximate surface area is 383 Å². The highest BCUT2D eigenvalue weighted by molar-refractivity contribution is 5.70. The average molecular weight is 859 g/mol. The standard InChI is InChI=1S/C57H94O5/c1-4-7-10-13-16-19-22-25-27-28-29-31-34-37-40-43-46-49-52-60-53-55(62-57(59)51-48-45-42-39-36-32-24-21-18-15-12-9-6-3)54-61-56(58)50-47-44-41-38-35-33-30-26-23-20-17-14-11-8-5-2/h7-8,10-11,16-17,19-20,25-27,29-31,35,37-38,40,55H,4-6,9,12-15,18,21-24,28,32-34,36,39,41-54H2,1-3H3/b10-7-,11-8-,19-16-,20-17-,27-25-,30-26-,31-29-,38-35-,40-37-. The minimum atomic E-state index is -0.580. The average Bonchev–Trinajstić information content (AvgIpc) is 3.27. The summed E-state index contributed by atoms with van der Waals surface area (Å²) >= 11 is 0. The van der Waals surface area contributed by atoms with Crippen molar-refractivity contribution in [1.29, 1.82) is 0 Å². The highest BCUT2D eigenvalue weighted by Gasteiger charge is 2.17. The molecule has 0 fully saturated rings. The molecule has 0 saturated carbocycles. The summed E-state index contributed by atoms with van der Waals surface area (Å²) in [6.45, 7) is 7.45. The lowest BCUT2D eigenvalue weighted by atomic mass is 10.0. The third-order valence-corrected chi connectivity index (χ3v) is 10.3. The maximum atomic E-state index is 12.8. The Bertz CT molecular complexity index is 1250. The van der Waals surface area contributed by atoms with E-state index in [1.807, 2.05) is 0 Å². The fraction of sp³-hybridized carbons (Fsp3) is 0.649. The molecule has 352 valence electrons. The van der Waals surface area contributed by atoms with Gasteiger partial charge in [0, 0.05) is 19.4 Å². The lowest BCUT2D eigenvalue weighted by molar-refractivity contribution is -0.163. The van der Waals surface area contributed by atoms with Crippen LogP contribution < -0.4 is 0 Å². The number of hydrogen-bond acceptors (Lipinski definition) is 5. The number of rotatable bonds is 45. The molecule has 5 heteroatoms. The normalized spacial score (nSPS) is 13.1. The Morgan fingerprint density at radius 2 is 0.726 bits per heavy atom. The SMILES string of the molecule is CC/C=C\C/C=C\C/C=C\C/C=C\C/C=C\CCCCOCC(COC(=O)CCCC/C=C\C/C=C\C/C=C\C/C=C\CC)OC(=O)CCCCCCCCCCCCCCC. The zero-order valence-electron chi connectivity index (χ0n) is 40.3. The van der Waals surface area contributed by atoms with E-state index in [2.05, 4.69) is 130 Å². The van der Waals surface area contributed by atoms with E-state index < -0.39 is 6.10 Å². The predicted molar refractivity (Wildman–Crippen MR) is 269 cm³/mol. The molecule has 0 aliphatic carbocycles. The molecule has 0 rings (SSSR count). The van der Waals surface area contributed by atoms with E-state index in [0.717, 1.165) is 116 Å². The molecule has 0 bridgehead atoms. The first-order chi connectivity index (χ1) is 30.6. The Morgan fingerprint density at radius 3 is 1.16 bits per heavy atom. The molecule has 62 heavy (non-hydrogen) atoms. The second kappa shape index (κ2) is 51.9. The Kier molecular flexibility index (Phi) is 49.0. The molecule has 0 aromatic rings. The molecule has 0 aliphatic rings. The van der Waals surface area contributed by atoms with Crippen LogP contribution >= 0.6 is 0 Å². The largest absolute Gasteiger partial charge is 0.462 e. The number of unbranched alkanes of at least 4 members (excludes halogenated alkanes) is 16. The van der Waals surface area contributed by atoms with Gasteiger partial charge < -0.3 is 14.2 Å². The van der Waals surface area contributed by atoms with Gasteiger partial charge in [0.2, 0.25) is 0 Å². The molecule has 0 heterocycles. The van der Waals surface area contributed by atoms with E-state index >= 15 is 0 Å². The van der Waals surface area contributed by atoms with Crippen molar-refractivity contribution >= 4 is 11.9 Å². The van der Waals surface area contributed by atoms with Crippen LogP contribution in [0.2, 0.25) is 0 Å². The summed E-state index contributed by atoms with van der Waals surface area (Å²) in [5, 5.41) is 0. The van der Waals surface area contributed by atoms with Gasteiger partial charge in [0.15, 0.2) is 6.10 Å². The summed E-state index contributed by atoms with van der Waals surface area (Å²) < 4.78 is 17.3. The topological polar surface area (TPSA) is 61.8 Å². The lowest BCUT2D eigenvalue weighted by Gasteiger charge is -2.18.